The number of para-hydroxylation sites is 1. The fourth-order valence-corrected chi connectivity index (χ4v) is 2.61. The zero-order valence-corrected chi connectivity index (χ0v) is 11.4. The third kappa shape index (κ3) is 2.32. The molecule has 1 aliphatic heterocycles. The number of nitro groups is 1. The lowest BCUT2D eigenvalue weighted by Crippen LogP contribution is -2.14. The van der Waals surface area contributed by atoms with Crippen molar-refractivity contribution in [2.75, 3.05) is 5.32 Å². The first-order chi connectivity index (χ1) is 10.1. The second-order valence-electron chi connectivity index (χ2n) is 4.99. The summed E-state index contributed by atoms with van der Waals surface area (Å²) in [6, 6.07) is 3.69. The fourth-order valence-electron chi connectivity index (χ4n) is 2.61. The van der Waals surface area contributed by atoms with Crippen molar-refractivity contribution >= 4 is 11.4 Å². The molecule has 0 aliphatic carbocycles. The lowest BCUT2D eigenvalue weighted by atomic mass is 10.2. The van der Waals surface area contributed by atoms with E-state index in [0.29, 0.717) is 5.82 Å². The number of benzene rings is 1. The molecule has 0 bridgehead atoms. The minimum absolute atomic E-state index is 0.142. The van der Waals surface area contributed by atoms with Gasteiger partial charge in [0.25, 0.3) is 0 Å². The van der Waals surface area contributed by atoms with Crippen molar-refractivity contribution in [3.8, 4) is 0 Å². The topological polar surface area (TPSA) is 85.9 Å². The molecule has 3 rings (SSSR count). The maximum absolute atomic E-state index is 13.6. The van der Waals surface area contributed by atoms with Crippen LogP contribution in [0.1, 0.15) is 31.0 Å². The van der Waals surface area contributed by atoms with Gasteiger partial charge in [0.05, 0.1) is 11.0 Å². The Hall–Kier alpha value is -2.51. The van der Waals surface area contributed by atoms with Crippen LogP contribution in [0.25, 0.3) is 0 Å². The van der Waals surface area contributed by atoms with E-state index in [4.69, 9.17) is 0 Å². The van der Waals surface area contributed by atoms with E-state index in [2.05, 4.69) is 15.5 Å². The SMILES string of the molecule is CC(Nc1cccc(F)c1[N+](=O)[O-])c1nnc2n1CCC2. The number of halogens is 1. The normalized spacial score (nSPS) is 14.8. The van der Waals surface area contributed by atoms with Crippen molar-refractivity contribution in [1.29, 1.82) is 0 Å². The fraction of sp³-hybridized carbons (Fsp3) is 0.385. The highest BCUT2D eigenvalue weighted by Crippen LogP contribution is 2.30. The molecule has 2 heterocycles. The van der Waals surface area contributed by atoms with E-state index >= 15 is 0 Å². The van der Waals surface area contributed by atoms with E-state index in [1.165, 1.54) is 12.1 Å². The highest BCUT2D eigenvalue weighted by atomic mass is 19.1. The van der Waals surface area contributed by atoms with E-state index in [0.717, 1.165) is 31.3 Å². The lowest BCUT2D eigenvalue weighted by molar-refractivity contribution is -0.386. The number of rotatable bonds is 4. The highest BCUT2D eigenvalue weighted by molar-refractivity contribution is 5.62. The number of hydrogen-bond donors (Lipinski definition) is 1. The molecule has 0 fully saturated rings. The summed E-state index contributed by atoms with van der Waals surface area (Å²) in [5.41, 5.74) is -0.409. The number of hydrogen-bond acceptors (Lipinski definition) is 5. The lowest BCUT2D eigenvalue weighted by Gasteiger charge is -2.15. The monoisotopic (exact) mass is 291 g/mol. The average Bonchev–Trinajstić information content (AvgIpc) is 2.99. The molecule has 1 aromatic carbocycles. The molecular formula is C13H14FN5O2. The molecule has 1 aromatic heterocycles. The molecular weight excluding hydrogens is 277 g/mol. The van der Waals surface area contributed by atoms with E-state index in [1.807, 2.05) is 11.5 Å². The summed E-state index contributed by atoms with van der Waals surface area (Å²) in [4.78, 5) is 10.3. The van der Waals surface area contributed by atoms with Gasteiger partial charge in [0, 0.05) is 13.0 Å². The van der Waals surface area contributed by atoms with Crippen LogP contribution in [0.3, 0.4) is 0 Å². The van der Waals surface area contributed by atoms with Crippen LogP contribution < -0.4 is 5.32 Å². The molecule has 2 aromatic rings. The van der Waals surface area contributed by atoms with Crippen molar-refractivity contribution in [3.05, 3.63) is 45.8 Å². The molecule has 0 spiro atoms. The Morgan fingerprint density at radius 1 is 1.48 bits per heavy atom. The number of anilines is 1. The Labute approximate surface area is 120 Å². The van der Waals surface area contributed by atoms with Crippen LogP contribution >= 0.6 is 0 Å². The van der Waals surface area contributed by atoms with Gasteiger partial charge in [-0.05, 0) is 25.5 Å². The second kappa shape index (κ2) is 5.12. The summed E-state index contributed by atoms with van der Waals surface area (Å²) >= 11 is 0. The summed E-state index contributed by atoms with van der Waals surface area (Å²) in [6.07, 6.45) is 1.91. The van der Waals surface area contributed by atoms with Gasteiger partial charge in [-0.3, -0.25) is 10.1 Å². The summed E-state index contributed by atoms with van der Waals surface area (Å²) in [5, 5.41) is 22.2. The molecule has 0 saturated carbocycles. The van der Waals surface area contributed by atoms with Crippen LogP contribution in [0, 0.1) is 15.9 Å². The first kappa shape index (κ1) is 13.5. The summed E-state index contributed by atoms with van der Waals surface area (Å²) in [7, 11) is 0. The summed E-state index contributed by atoms with van der Waals surface area (Å²) in [5.74, 6) is 0.775. The van der Waals surface area contributed by atoms with E-state index in [-0.39, 0.29) is 11.7 Å². The molecule has 7 nitrogen and oxygen atoms in total. The van der Waals surface area contributed by atoms with Gasteiger partial charge in [0.1, 0.15) is 11.5 Å². The Kier molecular flexibility index (Phi) is 3.28. The minimum atomic E-state index is -0.858. The van der Waals surface area contributed by atoms with Gasteiger partial charge in [-0.25, -0.2) is 0 Å². The van der Waals surface area contributed by atoms with Crippen molar-refractivity contribution in [2.24, 2.45) is 0 Å². The predicted molar refractivity (Wildman–Crippen MR) is 73.4 cm³/mol. The van der Waals surface area contributed by atoms with Crippen LogP contribution in [0.15, 0.2) is 18.2 Å². The highest BCUT2D eigenvalue weighted by Gasteiger charge is 2.25. The minimum Gasteiger partial charge on any atom is -0.370 e. The molecule has 1 unspecified atom stereocenters. The first-order valence-corrected chi connectivity index (χ1v) is 6.69. The van der Waals surface area contributed by atoms with Gasteiger partial charge in [-0.1, -0.05) is 6.07 Å². The van der Waals surface area contributed by atoms with E-state index in [1.54, 1.807) is 0 Å². The van der Waals surface area contributed by atoms with Gasteiger partial charge < -0.3 is 9.88 Å². The number of aryl methyl sites for hydroxylation is 1. The van der Waals surface area contributed by atoms with E-state index < -0.39 is 16.4 Å². The van der Waals surface area contributed by atoms with Gasteiger partial charge >= 0.3 is 5.69 Å². The standard InChI is InChI=1S/C13H14FN5O2/c1-8(13-17-16-11-6-3-7-18(11)13)15-10-5-2-4-9(14)12(10)19(20)21/h2,4-5,8,15H,3,6-7H2,1H3. The van der Waals surface area contributed by atoms with Crippen molar-refractivity contribution < 1.29 is 9.31 Å². The molecule has 0 amide bonds. The molecule has 110 valence electrons. The average molecular weight is 291 g/mol. The van der Waals surface area contributed by atoms with Gasteiger partial charge in [-0.2, -0.15) is 4.39 Å². The predicted octanol–water partition coefficient (Wildman–Crippen LogP) is 2.44. The number of nitrogens with one attached hydrogen (secondary N) is 1. The van der Waals surface area contributed by atoms with Crippen molar-refractivity contribution in [1.82, 2.24) is 14.8 Å². The molecule has 1 N–H and O–H groups in total. The van der Waals surface area contributed by atoms with Gasteiger partial charge in [-0.15, -0.1) is 10.2 Å². The zero-order valence-electron chi connectivity index (χ0n) is 11.4. The Balaban J connectivity index is 1.90. The summed E-state index contributed by atoms with van der Waals surface area (Å²) in [6.45, 7) is 2.67. The number of nitrogens with zero attached hydrogens (tertiary/aromatic N) is 4. The van der Waals surface area contributed by atoms with Crippen LogP contribution in [0.5, 0.6) is 0 Å². The molecule has 8 heteroatoms. The Morgan fingerprint density at radius 3 is 3.05 bits per heavy atom. The quantitative estimate of drug-likeness (QED) is 0.690. The van der Waals surface area contributed by atoms with Crippen LogP contribution in [0.2, 0.25) is 0 Å². The number of fused-ring (bicyclic) bond motifs is 1. The van der Waals surface area contributed by atoms with Gasteiger partial charge in [0.15, 0.2) is 5.82 Å². The van der Waals surface area contributed by atoms with Crippen molar-refractivity contribution in [3.63, 3.8) is 0 Å². The molecule has 0 radical (unpaired) electrons. The Morgan fingerprint density at radius 2 is 2.29 bits per heavy atom. The molecule has 1 aliphatic rings. The summed E-state index contributed by atoms with van der Waals surface area (Å²) < 4.78 is 15.6. The molecule has 0 saturated heterocycles. The number of nitro benzene ring substituents is 1. The Bertz CT molecular complexity index is 700. The largest absolute Gasteiger partial charge is 0.370 e. The van der Waals surface area contributed by atoms with E-state index in [9.17, 15) is 14.5 Å². The number of aromatic nitrogens is 3. The van der Waals surface area contributed by atoms with Crippen LogP contribution in [-0.4, -0.2) is 19.7 Å². The molecule has 21 heavy (non-hydrogen) atoms. The second-order valence-corrected chi connectivity index (χ2v) is 4.99. The third-order valence-electron chi connectivity index (χ3n) is 3.57. The van der Waals surface area contributed by atoms with Crippen LogP contribution in [0.4, 0.5) is 15.8 Å². The van der Waals surface area contributed by atoms with Gasteiger partial charge in [0.2, 0.25) is 5.82 Å². The van der Waals surface area contributed by atoms with Crippen molar-refractivity contribution in [2.45, 2.75) is 32.4 Å². The maximum Gasteiger partial charge on any atom is 0.327 e. The van der Waals surface area contributed by atoms with Crippen LogP contribution in [-0.2, 0) is 13.0 Å². The smallest absolute Gasteiger partial charge is 0.327 e. The molecule has 1 atom stereocenters. The third-order valence-corrected chi connectivity index (χ3v) is 3.57. The first-order valence-electron chi connectivity index (χ1n) is 6.69. The maximum atomic E-state index is 13.6. The zero-order chi connectivity index (χ0) is 15.0.